The van der Waals surface area contributed by atoms with E-state index in [0.717, 1.165) is 48.4 Å². The van der Waals surface area contributed by atoms with Gasteiger partial charge in [-0.05, 0) is 106 Å². The zero-order valence-electron chi connectivity index (χ0n) is 31.2. The van der Waals surface area contributed by atoms with Gasteiger partial charge in [0.25, 0.3) is 0 Å². The van der Waals surface area contributed by atoms with E-state index in [4.69, 9.17) is 46.3 Å². The Morgan fingerprint density at radius 2 is 1.27 bits per heavy atom. The van der Waals surface area contributed by atoms with Gasteiger partial charge in [0.05, 0.1) is 16.1 Å². The molecule has 0 amide bonds. The molecule has 0 radical (unpaired) electrons. The monoisotopic (exact) mass is 890 g/mol. The first-order valence-corrected chi connectivity index (χ1v) is 17.7. The minimum absolute atomic E-state index is 0.116. The summed E-state index contributed by atoms with van der Waals surface area (Å²) >= 11 is 6.06. The van der Waals surface area contributed by atoms with Crippen LogP contribution < -0.4 is 4.74 Å². The quantitative estimate of drug-likeness (QED) is 0.176. The summed E-state index contributed by atoms with van der Waals surface area (Å²) < 4.78 is 137. The number of carboxylic acids is 3. The molecular formula is C35H39ClF12N4O7. The number of imidazole rings is 1. The number of nitrogens with one attached hydrogen (secondary N) is 1. The predicted octanol–water partition coefficient (Wildman–Crippen LogP) is 9.29. The molecule has 2 saturated heterocycles. The molecular weight excluding hydrogens is 852 g/mol. The van der Waals surface area contributed by atoms with Crippen molar-refractivity contribution in [3.63, 3.8) is 0 Å². The van der Waals surface area contributed by atoms with Crippen molar-refractivity contribution >= 4 is 40.5 Å². The van der Waals surface area contributed by atoms with E-state index in [1.54, 1.807) is 0 Å². The van der Waals surface area contributed by atoms with Gasteiger partial charge in [-0.2, -0.15) is 39.5 Å². The summed E-state index contributed by atoms with van der Waals surface area (Å²) in [6, 6.07) is 9.33. The normalized spacial score (nSPS) is 16.3. The lowest BCUT2D eigenvalue weighted by atomic mass is 9.87. The first-order chi connectivity index (χ1) is 26.9. The van der Waals surface area contributed by atoms with Crippen LogP contribution >= 0.6 is 11.6 Å². The van der Waals surface area contributed by atoms with Gasteiger partial charge in [0, 0.05) is 18.2 Å². The van der Waals surface area contributed by atoms with Crippen LogP contribution in [-0.2, 0) is 14.4 Å². The van der Waals surface area contributed by atoms with E-state index in [-0.39, 0.29) is 5.02 Å². The lowest BCUT2D eigenvalue weighted by molar-refractivity contribution is -0.274. The lowest BCUT2D eigenvalue weighted by Crippen LogP contribution is -2.48. The number of rotatable bonds is 6. The van der Waals surface area contributed by atoms with Gasteiger partial charge in [-0.3, -0.25) is 0 Å². The van der Waals surface area contributed by atoms with Crippen molar-refractivity contribution in [1.82, 2.24) is 19.8 Å². The van der Waals surface area contributed by atoms with Crippen molar-refractivity contribution in [3.05, 3.63) is 46.5 Å². The van der Waals surface area contributed by atoms with Gasteiger partial charge >= 0.3 is 42.8 Å². The van der Waals surface area contributed by atoms with Crippen molar-refractivity contribution in [1.29, 1.82) is 0 Å². The fourth-order valence-corrected chi connectivity index (χ4v) is 6.35. The molecule has 2 aliphatic rings. The van der Waals surface area contributed by atoms with Gasteiger partial charge in [0.1, 0.15) is 11.6 Å². The van der Waals surface area contributed by atoms with E-state index < -0.39 is 48.5 Å². The van der Waals surface area contributed by atoms with Gasteiger partial charge in [-0.15, -0.1) is 13.2 Å². The molecule has 332 valence electrons. The van der Waals surface area contributed by atoms with Crippen LogP contribution in [0.1, 0.15) is 56.6 Å². The summed E-state index contributed by atoms with van der Waals surface area (Å²) in [5.74, 6) is -6.89. The fourth-order valence-electron chi connectivity index (χ4n) is 6.13. The first-order valence-electron chi connectivity index (χ1n) is 17.3. The molecule has 4 N–H and O–H groups in total. The summed E-state index contributed by atoms with van der Waals surface area (Å²) in [5, 5.41) is 21.3. The second-order valence-electron chi connectivity index (χ2n) is 13.7. The third-order valence-corrected chi connectivity index (χ3v) is 8.95. The second kappa shape index (κ2) is 20.6. The standard InChI is InChI=1S/C29H36ClF3N4O.3C2HF3O2/c1-18(2)17-36-10-8-23(9-11-36)37-12-6-20(7-13-37)22-14-19(3)27-25(16-22)34-28(35-27)21-4-5-26(24(30)15-21)38-29(31,32)33;3*3-2(4,5)1(6)7/h4-5,14-16,18,20,23H,6-13,17H2,1-3H3,(H,34,35);3*(H,6,7). The van der Waals surface area contributed by atoms with Crippen LogP contribution in [0, 0.1) is 12.8 Å². The second-order valence-corrected chi connectivity index (χ2v) is 14.1. The highest BCUT2D eigenvalue weighted by Crippen LogP contribution is 2.36. The molecule has 0 bridgehead atoms. The number of alkyl halides is 12. The number of hydrogen-bond acceptors (Lipinski definition) is 7. The summed E-state index contributed by atoms with van der Waals surface area (Å²) in [4.78, 5) is 40.1. The number of aryl methyl sites for hydroxylation is 1. The van der Waals surface area contributed by atoms with Crippen LogP contribution in [0.15, 0.2) is 30.3 Å². The summed E-state index contributed by atoms with van der Waals surface area (Å²) in [6.07, 6.45) is -15.2. The van der Waals surface area contributed by atoms with Crippen LogP contribution in [0.4, 0.5) is 52.7 Å². The van der Waals surface area contributed by atoms with Crippen LogP contribution in [0.5, 0.6) is 5.75 Å². The van der Waals surface area contributed by atoms with Crippen LogP contribution in [0.25, 0.3) is 22.4 Å². The number of benzene rings is 2. The fraction of sp³-hybridized carbons (Fsp3) is 0.543. The number of aliphatic carboxylic acids is 3. The predicted molar refractivity (Wildman–Crippen MR) is 187 cm³/mol. The average molecular weight is 891 g/mol. The molecule has 2 aliphatic heterocycles. The van der Waals surface area contributed by atoms with E-state index >= 15 is 0 Å². The highest BCUT2D eigenvalue weighted by molar-refractivity contribution is 6.32. The number of likely N-dealkylation sites (tertiary alicyclic amines) is 2. The number of carboxylic acid groups (broad SMARTS) is 3. The number of hydrogen-bond donors (Lipinski definition) is 4. The Bertz CT molecular complexity index is 1810. The maximum absolute atomic E-state index is 12.6. The van der Waals surface area contributed by atoms with Crippen LogP contribution in [0.3, 0.4) is 0 Å². The molecule has 2 fully saturated rings. The zero-order valence-corrected chi connectivity index (χ0v) is 32.0. The summed E-state index contributed by atoms with van der Waals surface area (Å²) in [7, 11) is 0. The molecule has 5 rings (SSSR count). The van der Waals surface area contributed by atoms with Gasteiger partial charge in [-0.25, -0.2) is 19.4 Å². The molecule has 3 aromatic rings. The Morgan fingerprint density at radius 3 is 1.68 bits per heavy atom. The zero-order chi connectivity index (χ0) is 45.3. The van der Waals surface area contributed by atoms with E-state index in [1.807, 2.05) is 0 Å². The number of carbonyl (C=O) groups is 3. The third-order valence-electron chi connectivity index (χ3n) is 8.66. The Hall–Kier alpha value is -4.51. The minimum Gasteiger partial charge on any atom is -0.475 e. The molecule has 2 aromatic carbocycles. The number of ether oxygens (including phenoxy) is 1. The third kappa shape index (κ3) is 16.9. The Labute approximate surface area is 332 Å². The first kappa shape index (κ1) is 50.6. The van der Waals surface area contributed by atoms with Crippen molar-refractivity contribution in [2.75, 3.05) is 32.7 Å². The summed E-state index contributed by atoms with van der Waals surface area (Å²) in [5.41, 5.74) is 4.81. The molecule has 0 spiro atoms. The maximum Gasteiger partial charge on any atom is 0.573 e. The lowest BCUT2D eigenvalue weighted by Gasteiger charge is -2.42. The Balaban J connectivity index is 0.000000469. The van der Waals surface area contributed by atoms with E-state index in [2.05, 4.69) is 52.4 Å². The molecule has 3 heterocycles. The smallest absolute Gasteiger partial charge is 0.475 e. The molecule has 0 unspecified atom stereocenters. The van der Waals surface area contributed by atoms with E-state index in [1.165, 1.54) is 56.2 Å². The average Bonchev–Trinajstić information content (AvgIpc) is 3.54. The molecule has 24 heteroatoms. The largest absolute Gasteiger partial charge is 0.573 e. The van der Waals surface area contributed by atoms with Gasteiger partial charge in [0.2, 0.25) is 0 Å². The topological polar surface area (TPSA) is 156 Å². The number of halogens is 13. The van der Waals surface area contributed by atoms with Gasteiger partial charge < -0.3 is 34.8 Å². The van der Waals surface area contributed by atoms with E-state index in [9.17, 15) is 52.7 Å². The highest BCUT2D eigenvalue weighted by Gasteiger charge is 2.39. The number of aromatic nitrogens is 2. The molecule has 1 aromatic heterocycles. The van der Waals surface area contributed by atoms with Crippen molar-refractivity contribution in [2.45, 2.75) is 83.3 Å². The number of aromatic amines is 1. The number of H-pyrrole nitrogens is 1. The van der Waals surface area contributed by atoms with Crippen molar-refractivity contribution < 1.29 is 87.1 Å². The summed E-state index contributed by atoms with van der Waals surface area (Å²) in [6.45, 7) is 12.5. The Morgan fingerprint density at radius 1 is 0.797 bits per heavy atom. The van der Waals surface area contributed by atoms with Crippen molar-refractivity contribution in [3.8, 4) is 17.1 Å². The Kier molecular flexibility index (Phi) is 17.7. The molecule has 0 atom stereocenters. The molecule has 11 nitrogen and oxygen atoms in total. The maximum atomic E-state index is 12.6. The SMILES string of the molecule is Cc1cc(C2CCN(C3CCN(CC(C)C)CC3)CC2)cc2[nH]c(-c3ccc(OC(F)(F)F)c(Cl)c3)nc12.O=C(O)C(F)(F)F.O=C(O)C(F)(F)F.O=C(O)C(F)(F)F. The van der Waals surface area contributed by atoms with Crippen LogP contribution in [-0.4, -0.2) is 117 Å². The van der Waals surface area contributed by atoms with Gasteiger partial charge in [-0.1, -0.05) is 31.5 Å². The highest BCUT2D eigenvalue weighted by atomic mass is 35.5. The van der Waals surface area contributed by atoms with E-state index in [0.29, 0.717) is 23.3 Å². The molecule has 0 aliphatic carbocycles. The molecule has 59 heavy (non-hydrogen) atoms. The van der Waals surface area contributed by atoms with Crippen LogP contribution in [0.2, 0.25) is 5.02 Å². The number of piperidine rings is 2. The number of fused-ring (bicyclic) bond motifs is 1. The van der Waals surface area contributed by atoms with Gasteiger partial charge in [0.15, 0.2) is 0 Å². The minimum atomic E-state index is -5.08. The van der Waals surface area contributed by atoms with Crippen molar-refractivity contribution in [2.24, 2.45) is 5.92 Å². The molecule has 0 saturated carbocycles. The number of nitrogens with zero attached hydrogens (tertiary/aromatic N) is 3.